The SMILES string of the molecule is NC(Cc1cnc[nH]1)C(=O)NC(Cc1ccc(O)cc1)C(=O)NC(CO)C(=O)NC(CO)C(=O)O. The molecular formula is C21H28N6O8. The van der Waals surface area contributed by atoms with Crippen molar-refractivity contribution in [1.82, 2.24) is 25.9 Å². The van der Waals surface area contributed by atoms with Gasteiger partial charge in [-0.1, -0.05) is 12.1 Å². The molecule has 0 bridgehead atoms. The van der Waals surface area contributed by atoms with Crippen LogP contribution in [0.25, 0.3) is 0 Å². The number of hydrogen-bond acceptors (Lipinski definition) is 9. The summed E-state index contributed by atoms with van der Waals surface area (Å²) in [4.78, 5) is 55.6. The Labute approximate surface area is 199 Å². The quantitative estimate of drug-likeness (QED) is 0.135. The van der Waals surface area contributed by atoms with Gasteiger partial charge in [-0.3, -0.25) is 14.4 Å². The molecule has 2 rings (SSSR count). The van der Waals surface area contributed by atoms with E-state index in [1.54, 1.807) is 0 Å². The number of nitrogens with two attached hydrogens (primary N) is 1. The number of H-pyrrole nitrogens is 1. The Bertz CT molecular complexity index is 998. The van der Waals surface area contributed by atoms with Crippen molar-refractivity contribution < 1.29 is 39.6 Å². The lowest BCUT2D eigenvalue weighted by atomic mass is 10.0. The van der Waals surface area contributed by atoms with Gasteiger partial charge in [-0.2, -0.15) is 0 Å². The second-order valence-electron chi connectivity index (χ2n) is 7.64. The molecular weight excluding hydrogens is 464 g/mol. The summed E-state index contributed by atoms with van der Waals surface area (Å²) in [6, 6.07) is 0.359. The molecule has 14 heteroatoms. The topological polar surface area (TPSA) is 240 Å². The third-order valence-electron chi connectivity index (χ3n) is 4.95. The summed E-state index contributed by atoms with van der Waals surface area (Å²) in [5.41, 5.74) is 7.09. The molecule has 1 aromatic carbocycles. The molecule has 0 saturated carbocycles. The predicted molar refractivity (Wildman–Crippen MR) is 120 cm³/mol. The standard InChI is InChI=1S/C21H28N6O8/c22-14(6-12-7-23-10-24-12)18(31)25-15(5-11-1-3-13(30)4-2-11)19(32)26-16(8-28)20(33)27-17(9-29)21(34)35/h1-4,7,10,14-17,28-30H,5-6,8-9,22H2,(H,23,24)(H,25,31)(H,26,32)(H,27,33)(H,34,35). The number of benzene rings is 1. The molecule has 10 N–H and O–H groups in total. The number of nitrogens with one attached hydrogen (secondary N) is 4. The van der Waals surface area contributed by atoms with Gasteiger partial charge in [0.1, 0.15) is 23.9 Å². The van der Waals surface area contributed by atoms with E-state index in [-0.39, 0.29) is 18.6 Å². The first-order chi connectivity index (χ1) is 16.6. The highest BCUT2D eigenvalue weighted by molar-refractivity contribution is 5.94. The molecule has 35 heavy (non-hydrogen) atoms. The number of aromatic amines is 1. The number of aromatic hydroxyl groups is 1. The van der Waals surface area contributed by atoms with Crippen molar-refractivity contribution in [2.75, 3.05) is 13.2 Å². The second kappa shape index (κ2) is 13.0. The number of aromatic nitrogens is 2. The average Bonchev–Trinajstić information content (AvgIpc) is 3.34. The molecule has 0 saturated heterocycles. The number of carboxylic acids is 1. The number of carbonyl (C=O) groups is 4. The molecule has 0 aliphatic carbocycles. The molecule has 2 aromatic rings. The lowest BCUT2D eigenvalue weighted by Gasteiger charge is -2.24. The first-order valence-electron chi connectivity index (χ1n) is 10.5. The van der Waals surface area contributed by atoms with Gasteiger partial charge < -0.3 is 47.1 Å². The maximum Gasteiger partial charge on any atom is 0.328 e. The van der Waals surface area contributed by atoms with Crippen molar-refractivity contribution in [3.05, 3.63) is 48.0 Å². The largest absolute Gasteiger partial charge is 0.508 e. The second-order valence-corrected chi connectivity index (χ2v) is 7.64. The molecule has 4 atom stereocenters. The van der Waals surface area contributed by atoms with Gasteiger partial charge >= 0.3 is 5.97 Å². The maximum atomic E-state index is 13.0. The van der Waals surface area contributed by atoms with Crippen LogP contribution in [0.2, 0.25) is 0 Å². The first-order valence-corrected chi connectivity index (χ1v) is 10.5. The number of aliphatic carboxylic acids is 1. The molecule has 1 heterocycles. The molecule has 0 spiro atoms. The first kappa shape index (κ1) is 27.2. The smallest absolute Gasteiger partial charge is 0.328 e. The number of aliphatic hydroxyl groups is 2. The Kier molecular flexibility index (Phi) is 10.1. The van der Waals surface area contributed by atoms with Gasteiger partial charge in [0.2, 0.25) is 17.7 Å². The number of amides is 3. The summed E-state index contributed by atoms with van der Waals surface area (Å²) in [7, 11) is 0. The van der Waals surface area contributed by atoms with Gasteiger partial charge in [0.15, 0.2) is 0 Å². The van der Waals surface area contributed by atoms with Crippen LogP contribution in [-0.4, -0.2) is 91.5 Å². The van der Waals surface area contributed by atoms with Crippen LogP contribution in [0.1, 0.15) is 11.3 Å². The Morgan fingerprint density at radius 3 is 2.00 bits per heavy atom. The van der Waals surface area contributed by atoms with Crippen LogP contribution < -0.4 is 21.7 Å². The zero-order chi connectivity index (χ0) is 26.0. The Morgan fingerprint density at radius 2 is 1.46 bits per heavy atom. The fourth-order valence-corrected chi connectivity index (χ4v) is 3.01. The van der Waals surface area contributed by atoms with E-state index in [2.05, 4.69) is 20.6 Å². The molecule has 1 aromatic heterocycles. The van der Waals surface area contributed by atoms with E-state index in [0.29, 0.717) is 11.3 Å². The van der Waals surface area contributed by atoms with Crippen molar-refractivity contribution in [1.29, 1.82) is 0 Å². The minimum Gasteiger partial charge on any atom is -0.508 e. The number of phenols is 1. The number of phenolic OH excluding ortho intramolecular Hbond substituents is 1. The molecule has 0 radical (unpaired) electrons. The van der Waals surface area contributed by atoms with Gasteiger partial charge in [0.05, 0.1) is 25.6 Å². The van der Waals surface area contributed by atoms with E-state index in [4.69, 9.17) is 15.9 Å². The van der Waals surface area contributed by atoms with Crippen LogP contribution in [0.4, 0.5) is 0 Å². The highest BCUT2D eigenvalue weighted by atomic mass is 16.4. The number of hydrogen-bond donors (Lipinski definition) is 9. The van der Waals surface area contributed by atoms with Crippen LogP contribution in [-0.2, 0) is 32.0 Å². The van der Waals surface area contributed by atoms with Gasteiger partial charge in [0, 0.05) is 24.7 Å². The zero-order valence-electron chi connectivity index (χ0n) is 18.5. The predicted octanol–water partition coefficient (Wildman–Crippen LogP) is -3.25. The number of rotatable bonds is 13. The number of carbonyl (C=O) groups excluding carboxylic acids is 3. The average molecular weight is 492 g/mol. The van der Waals surface area contributed by atoms with E-state index in [1.165, 1.54) is 36.8 Å². The van der Waals surface area contributed by atoms with E-state index in [9.17, 15) is 29.4 Å². The van der Waals surface area contributed by atoms with Crippen molar-refractivity contribution in [2.24, 2.45) is 5.73 Å². The molecule has 0 aliphatic heterocycles. The van der Waals surface area contributed by atoms with Crippen LogP contribution in [0.15, 0.2) is 36.8 Å². The fraction of sp³-hybridized carbons (Fsp3) is 0.381. The highest BCUT2D eigenvalue weighted by Gasteiger charge is 2.30. The van der Waals surface area contributed by atoms with E-state index in [0.717, 1.165) is 0 Å². The summed E-state index contributed by atoms with van der Waals surface area (Å²) in [5.74, 6) is -4.09. The maximum absolute atomic E-state index is 13.0. The summed E-state index contributed by atoms with van der Waals surface area (Å²) in [6.07, 6.45) is 2.98. The molecule has 14 nitrogen and oxygen atoms in total. The monoisotopic (exact) mass is 492 g/mol. The van der Waals surface area contributed by atoms with Crippen molar-refractivity contribution in [3.8, 4) is 5.75 Å². The Morgan fingerprint density at radius 1 is 0.886 bits per heavy atom. The number of aliphatic hydroxyl groups excluding tert-OH is 2. The third kappa shape index (κ3) is 8.37. The zero-order valence-corrected chi connectivity index (χ0v) is 18.5. The molecule has 0 aliphatic rings. The summed E-state index contributed by atoms with van der Waals surface area (Å²) >= 11 is 0. The minimum absolute atomic E-state index is 0.00532. The Balaban J connectivity index is 2.14. The Hall–Kier alpha value is -4.01. The molecule has 190 valence electrons. The number of nitrogens with zero attached hydrogens (tertiary/aromatic N) is 1. The lowest BCUT2D eigenvalue weighted by Crippen LogP contribution is -2.59. The molecule has 3 amide bonds. The highest BCUT2D eigenvalue weighted by Crippen LogP contribution is 2.12. The van der Waals surface area contributed by atoms with Crippen molar-refractivity contribution in [2.45, 2.75) is 37.0 Å². The molecule has 0 fully saturated rings. The third-order valence-corrected chi connectivity index (χ3v) is 4.95. The van der Waals surface area contributed by atoms with Crippen LogP contribution in [0.3, 0.4) is 0 Å². The fourth-order valence-electron chi connectivity index (χ4n) is 3.01. The molecule has 4 unspecified atom stereocenters. The summed E-state index contributed by atoms with van der Waals surface area (Å²) in [6.45, 7) is -1.78. The van der Waals surface area contributed by atoms with Gasteiger partial charge in [-0.25, -0.2) is 9.78 Å². The van der Waals surface area contributed by atoms with Crippen LogP contribution in [0, 0.1) is 0 Å². The van der Waals surface area contributed by atoms with Gasteiger partial charge in [0.25, 0.3) is 0 Å². The van der Waals surface area contributed by atoms with E-state index in [1.807, 2.05) is 5.32 Å². The van der Waals surface area contributed by atoms with Crippen molar-refractivity contribution >= 4 is 23.7 Å². The number of carboxylic acid groups (broad SMARTS) is 1. The van der Waals surface area contributed by atoms with Gasteiger partial charge in [-0.15, -0.1) is 0 Å². The lowest BCUT2D eigenvalue weighted by molar-refractivity contribution is -0.143. The minimum atomic E-state index is -1.64. The van der Waals surface area contributed by atoms with E-state index < -0.39 is 61.1 Å². The van der Waals surface area contributed by atoms with E-state index >= 15 is 0 Å². The summed E-state index contributed by atoms with van der Waals surface area (Å²) in [5, 5.41) is 43.8. The van der Waals surface area contributed by atoms with Crippen LogP contribution >= 0.6 is 0 Å². The van der Waals surface area contributed by atoms with Crippen LogP contribution in [0.5, 0.6) is 5.75 Å². The van der Waals surface area contributed by atoms with Gasteiger partial charge in [-0.05, 0) is 17.7 Å². The van der Waals surface area contributed by atoms with Crippen molar-refractivity contribution in [3.63, 3.8) is 0 Å². The summed E-state index contributed by atoms with van der Waals surface area (Å²) < 4.78 is 0. The number of imidazole rings is 1. The normalized spacial score (nSPS) is 14.3.